The van der Waals surface area contributed by atoms with E-state index in [-0.39, 0.29) is 12.0 Å². The summed E-state index contributed by atoms with van der Waals surface area (Å²) in [4.78, 5) is 9.63. The van der Waals surface area contributed by atoms with Gasteiger partial charge in [0.25, 0.3) is 0 Å². The summed E-state index contributed by atoms with van der Waals surface area (Å²) in [6, 6.07) is 1.32. The molecule has 1 heterocycles. The fraction of sp³-hybridized carbons (Fsp3) is 0.692. The zero-order valence-corrected chi connectivity index (χ0v) is 11.7. The van der Waals surface area contributed by atoms with Gasteiger partial charge >= 0.3 is 6.18 Å². The SMILES string of the molecule is CCN(c1cc(C(F)(F)F)nc(NC)n1)C1CCCC1. The van der Waals surface area contributed by atoms with Crippen LogP contribution in [0.2, 0.25) is 0 Å². The summed E-state index contributed by atoms with van der Waals surface area (Å²) in [5, 5.41) is 2.60. The number of hydrogen-bond acceptors (Lipinski definition) is 4. The van der Waals surface area contributed by atoms with Gasteiger partial charge in [-0.15, -0.1) is 0 Å². The molecule has 0 atom stereocenters. The van der Waals surface area contributed by atoms with Gasteiger partial charge in [0.2, 0.25) is 5.95 Å². The molecule has 0 bridgehead atoms. The molecular weight excluding hydrogens is 269 g/mol. The molecule has 1 aromatic heterocycles. The topological polar surface area (TPSA) is 41.1 Å². The molecule has 0 spiro atoms. The van der Waals surface area contributed by atoms with E-state index < -0.39 is 11.9 Å². The van der Waals surface area contributed by atoms with Gasteiger partial charge in [-0.25, -0.2) is 4.98 Å². The molecule has 1 aliphatic carbocycles. The number of alkyl halides is 3. The molecule has 112 valence electrons. The second-order valence-corrected chi connectivity index (χ2v) is 4.91. The predicted molar refractivity (Wildman–Crippen MR) is 71.9 cm³/mol. The lowest BCUT2D eigenvalue weighted by Gasteiger charge is -2.29. The van der Waals surface area contributed by atoms with E-state index in [0.29, 0.717) is 12.4 Å². The second-order valence-electron chi connectivity index (χ2n) is 4.91. The third-order valence-corrected chi connectivity index (χ3v) is 3.63. The first-order valence-electron chi connectivity index (χ1n) is 6.86. The van der Waals surface area contributed by atoms with Crippen LogP contribution >= 0.6 is 0 Å². The Morgan fingerprint density at radius 1 is 1.30 bits per heavy atom. The summed E-state index contributed by atoms with van der Waals surface area (Å²) in [5.74, 6) is 0.359. The summed E-state index contributed by atoms with van der Waals surface area (Å²) in [7, 11) is 1.52. The number of aromatic nitrogens is 2. The quantitative estimate of drug-likeness (QED) is 0.923. The Hall–Kier alpha value is -1.53. The van der Waals surface area contributed by atoms with Crippen LogP contribution in [0, 0.1) is 0 Å². The summed E-state index contributed by atoms with van der Waals surface area (Å²) < 4.78 is 38.7. The van der Waals surface area contributed by atoms with Crippen LogP contribution in [0.4, 0.5) is 24.9 Å². The van der Waals surface area contributed by atoms with Crippen molar-refractivity contribution in [3.63, 3.8) is 0 Å². The van der Waals surface area contributed by atoms with Crippen LogP contribution < -0.4 is 10.2 Å². The van der Waals surface area contributed by atoms with Gasteiger partial charge in [-0.2, -0.15) is 18.2 Å². The highest BCUT2D eigenvalue weighted by molar-refractivity contribution is 5.46. The Morgan fingerprint density at radius 2 is 1.95 bits per heavy atom. The minimum Gasteiger partial charge on any atom is -0.357 e. The van der Waals surface area contributed by atoms with Crippen LogP contribution in [0.3, 0.4) is 0 Å². The Bertz CT molecular complexity index is 455. The van der Waals surface area contributed by atoms with Gasteiger partial charge < -0.3 is 10.2 Å². The van der Waals surface area contributed by atoms with E-state index in [4.69, 9.17) is 0 Å². The summed E-state index contributed by atoms with van der Waals surface area (Å²) in [5.41, 5.74) is -0.900. The third kappa shape index (κ3) is 3.13. The smallest absolute Gasteiger partial charge is 0.357 e. The molecule has 0 saturated heterocycles. The highest BCUT2D eigenvalue weighted by Crippen LogP contribution is 2.33. The Labute approximate surface area is 116 Å². The lowest BCUT2D eigenvalue weighted by Crippen LogP contribution is -2.34. The van der Waals surface area contributed by atoms with Crippen LogP contribution in [0.25, 0.3) is 0 Å². The van der Waals surface area contributed by atoms with Crippen molar-refractivity contribution in [3.05, 3.63) is 11.8 Å². The molecule has 1 fully saturated rings. The molecule has 0 aromatic carbocycles. The van der Waals surface area contributed by atoms with Crippen LogP contribution in [-0.4, -0.2) is 29.6 Å². The van der Waals surface area contributed by atoms with E-state index in [2.05, 4.69) is 15.3 Å². The highest BCUT2D eigenvalue weighted by atomic mass is 19.4. The second kappa shape index (κ2) is 5.85. The van der Waals surface area contributed by atoms with Crippen LogP contribution in [-0.2, 0) is 6.18 Å². The van der Waals surface area contributed by atoms with Crippen LogP contribution in [0.15, 0.2) is 6.07 Å². The molecule has 0 aliphatic heterocycles. The van der Waals surface area contributed by atoms with Crippen molar-refractivity contribution in [1.82, 2.24) is 9.97 Å². The van der Waals surface area contributed by atoms with Gasteiger partial charge in [-0.1, -0.05) is 12.8 Å². The van der Waals surface area contributed by atoms with Gasteiger partial charge in [-0.3, -0.25) is 0 Å². The maximum Gasteiger partial charge on any atom is 0.433 e. The fourth-order valence-electron chi connectivity index (χ4n) is 2.66. The van der Waals surface area contributed by atoms with Gasteiger partial charge in [0.15, 0.2) is 5.69 Å². The van der Waals surface area contributed by atoms with Gasteiger partial charge in [-0.05, 0) is 19.8 Å². The highest BCUT2D eigenvalue weighted by Gasteiger charge is 2.34. The number of nitrogens with one attached hydrogen (secondary N) is 1. The molecule has 0 amide bonds. The number of hydrogen-bond donors (Lipinski definition) is 1. The Balaban J connectivity index is 2.38. The van der Waals surface area contributed by atoms with Crippen molar-refractivity contribution in [2.24, 2.45) is 0 Å². The molecule has 2 rings (SSSR count). The zero-order chi connectivity index (χ0) is 14.8. The zero-order valence-electron chi connectivity index (χ0n) is 11.7. The molecule has 0 unspecified atom stereocenters. The molecule has 1 aliphatic rings. The van der Waals surface area contributed by atoms with E-state index in [9.17, 15) is 13.2 Å². The van der Waals surface area contributed by atoms with E-state index in [0.717, 1.165) is 31.7 Å². The van der Waals surface area contributed by atoms with Crippen molar-refractivity contribution < 1.29 is 13.2 Å². The lowest BCUT2D eigenvalue weighted by atomic mass is 10.2. The van der Waals surface area contributed by atoms with Gasteiger partial charge in [0.1, 0.15) is 5.82 Å². The predicted octanol–water partition coefficient (Wildman–Crippen LogP) is 3.31. The minimum absolute atomic E-state index is 0.00581. The largest absolute Gasteiger partial charge is 0.433 e. The number of rotatable bonds is 4. The van der Waals surface area contributed by atoms with Crippen molar-refractivity contribution in [3.8, 4) is 0 Å². The maximum atomic E-state index is 12.9. The number of halogens is 3. The normalized spacial score (nSPS) is 16.4. The number of nitrogens with zero attached hydrogens (tertiary/aromatic N) is 3. The van der Waals surface area contributed by atoms with Crippen molar-refractivity contribution in [2.45, 2.75) is 44.8 Å². The average molecular weight is 288 g/mol. The monoisotopic (exact) mass is 288 g/mol. The van der Waals surface area contributed by atoms with Crippen molar-refractivity contribution in [1.29, 1.82) is 0 Å². The van der Waals surface area contributed by atoms with Gasteiger partial charge in [0, 0.05) is 25.7 Å². The van der Waals surface area contributed by atoms with E-state index in [1.54, 1.807) is 0 Å². The summed E-state index contributed by atoms with van der Waals surface area (Å²) >= 11 is 0. The Morgan fingerprint density at radius 3 is 2.45 bits per heavy atom. The lowest BCUT2D eigenvalue weighted by molar-refractivity contribution is -0.141. The number of anilines is 2. The maximum absolute atomic E-state index is 12.9. The summed E-state index contributed by atoms with van der Waals surface area (Å²) in [6.45, 7) is 2.58. The minimum atomic E-state index is -4.46. The first-order chi connectivity index (χ1) is 9.45. The van der Waals surface area contributed by atoms with E-state index in [1.165, 1.54) is 7.05 Å². The Kier molecular flexibility index (Phi) is 4.35. The molecular formula is C13H19F3N4. The van der Waals surface area contributed by atoms with E-state index >= 15 is 0 Å². The van der Waals surface area contributed by atoms with Crippen molar-refractivity contribution in [2.75, 3.05) is 23.8 Å². The molecule has 20 heavy (non-hydrogen) atoms. The van der Waals surface area contributed by atoms with E-state index in [1.807, 2.05) is 11.8 Å². The molecule has 1 N–H and O–H groups in total. The van der Waals surface area contributed by atoms with Crippen LogP contribution in [0.1, 0.15) is 38.3 Å². The van der Waals surface area contributed by atoms with Crippen molar-refractivity contribution >= 4 is 11.8 Å². The average Bonchev–Trinajstić information content (AvgIpc) is 2.92. The van der Waals surface area contributed by atoms with Gasteiger partial charge in [0.05, 0.1) is 0 Å². The molecule has 1 saturated carbocycles. The first-order valence-corrected chi connectivity index (χ1v) is 6.86. The standard InChI is InChI=1S/C13H19F3N4/c1-3-20(9-6-4-5-7-9)11-8-10(13(14,15)16)18-12(17-2)19-11/h8-9H,3-7H2,1-2H3,(H,17,18,19). The molecule has 0 radical (unpaired) electrons. The first kappa shape index (κ1) is 14.9. The molecule has 7 heteroatoms. The van der Waals surface area contributed by atoms with Crippen LogP contribution in [0.5, 0.6) is 0 Å². The third-order valence-electron chi connectivity index (χ3n) is 3.63. The fourth-order valence-corrected chi connectivity index (χ4v) is 2.66. The summed E-state index contributed by atoms with van der Waals surface area (Å²) in [6.07, 6.45) is -0.199. The molecule has 4 nitrogen and oxygen atoms in total. The molecule has 1 aromatic rings.